The molecule has 0 aromatic heterocycles. The van der Waals surface area contributed by atoms with Crippen LogP contribution in [0.2, 0.25) is 0 Å². The second-order valence-electron chi connectivity index (χ2n) is 9.96. The number of hydrogen-bond acceptors (Lipinski definition) is 5. The number of aryl methyl sites for hydroxylation is 1. The van der Waals surface area contributed by atoms with Gasteiger partial charge < -0.3 is 11.1 Å². The number of carbonyl (C=O) groups is 1. The summed E-state index contributed by atoms with van der Waals surface area (Å²) in [6.07, 6.45) is 7.55. The van der Waals surface area contributed by atoms with Crippen LogP contribution < -0.4 is 11.1 Å². The van der Waals surface area contributed by atoms with Crippen molar-refractivity contribution in [1.82, 2.24) is 9.62 Å². The largest absolute Gasteiger partial charge is 0.398 e. The third-order valence-electron chi connectivity index (χ3n) is 7.87. The summed E-state index contributed by atoms with van der Waals surface area (Å²) in [4.78, 5) is 17.9. The number of amides is 1. The zero-order chi connectivity index (χ0) is 22.2. The minimum atomic E-state index is -0.503. The summed E-state index contributed by atoms with van der Waals surface area (Å²) < 4.78 is 2.43. The Morgan fingerprint density at radius 2 is 1.84 bits per heavy atom. The highest BCUT2D eigenvalue weighted by Gasteiger charge is 2.47. The molecule has 0 bridgehead atoms. The number of nitrogens with zero attached hydrogens (tertiary/aromatic N) is 2. The van der Waals surface area contributed by atoms with Crippen LogP contribution >= 0.6 is 11.9 Å². The number of piperidine rings is 1. The lowest BCUT2D eigenvalue weighted by Crippen LogP contribution is -2.47. The van der Waals surface area contributed by atoms with Crippen LogP contribution in [0, 0.1) is 32.6 Å². The van der Waals surface area contributed by atoms with E-state index in [4.69, 9.17) is 10.7 Å². The van der Waals surface area contributed by atoms with E-state index in [0.717, 1.165) is 55.5 Å². The SMILES string of the molecule is Cc1cc(N)c(C)c(C)c1CCSN1CCC2(CC1)N=C(C1CCC(C)CC1)NC2=O. The molecule has 3 aliphatic rings. The van der Waals surface area contributed by atoms with E-state index in [-0.39, 0.29) is 5.91 Å². The van der Waals surface area contributed by atoms with Gasteiger partial charge in [0.05, 0.1) is 0 Å². The highest BCUT2D eigenvalue weighted by atomic mass is 32.2. The number of hydrogen-bond donors (Lipinski definition) is 2. The van der Waals surface area contributed by atoms with E-state index in [9.17, 15) is 4.79 Å². The quantitative estimate of drug-likeness (QED) is 0.517. The molecular weight excluding hydrogens is 404 g/mol. The number of benzene rings is 1. The summed E-state index contributed by atoms with van der Waals surface area (Å²) in [5, 5.41) is 3.18. The first kappa shape index (κ1) is 22.7. The molecule has 1 amide bonds. The first-order valence-corrected chi connectivity index (χ1v) is 12.9. The van der Waals surface area contributed by atoms with Gasteiger partial charge in [0.25, 0.3) is 5.91 Å². The number of carbonyl (C=O) groups excluding carboxylic acids is 1. The fraction of sp³-hybridized carbons (Fsp3) is 0.680. The molecule has 2 aliphatic heterocycles. The molecule has 170 valence electrons. The molecule has 5 nitrogen and oxygen atoms in total. The number of nitrogens with one attached hydrogen (secondary N) is 1. The molecule has 1 saturated carbocycles. The van der Waals surface area contributed by atoms with E-state index in [0.29, 0.717) is 5.92 Å². The van der Waals surface area contributed by atoms with Gasteiger partial charge in [-0.05, 0) is 87.1 Å². The lowest BCUT2D eigenvalue weighted by Gasteiger charge is -2.34. The Labute approximate surface area is 191 Å². The van der Waals surface area contributed by atoms with Crippen LogP contribution in [0.1, 0.15) is 67.7 Å². The second-order valence-corrected chi connectivity index (χ2v) is 11.1. The lowest BCUT2D eigenvalue weighted by molar-refractivity contribution is -0.124. The maximum absolute atomic E-state index is 12.8. The summed E-state index contributed by atoms with van der Waals surface area (Å²) in [7, 11) is 0. The predicted molar refractivity (Wildman–Crippen MR) is 131 cm³/mol. The standard InChI is InChI=1S/C25H38N4OS/c1-16-5-7-20(8-6-16)23-27-24(30)25(28-23)10-12-29(13-11-25)31-14-9-21-17(2)15-22(26)19(4)18(21)3/h15-16,20H,5-14,26H2,1-4H3,(H,27,28,30). The molecule has 4 rings (SSSR count). The van der Waals surface area contributed by atoms with Gasteiger partial charge in [-0.15, -0.1) is 0 Å². The zero-order valence-corrected chi connectivity index (χ0v) is 20.4. The molecule has 0 atom stereocenters. The monoisotopic (exact) mass is 442 g/mol. The van der Waals surface area contributed by atoms with Crippen molar-refractivity contribution < 1.29 is 4.79 Å². The number of nitrogen functional groups attached to an aromatic ring is 1. The van der Waals surface area contributed by atoms with Gasteiger partial charge in [0.1, 0.15) is 11.4 Å². The van der Waals surface area contributed by atoms with Crippen LogP contribution in [0.5, 0.6) is 0 Å². The lowest BCUT2D eigenvalue weighted by atomic mass is 9.82. The number of rotatable bonds is 5. The molecule has 1 aliphatic carbocycles. The van der Waals surface area contributed by atoms with Crippen LogP contribution in [0.3, 0.4) is 0 Å². The van der Waals surface area contributed by atoms with Crippen molar-refractivity contribution in [2.75, 3.05) is 24.6 Å². The summed E-state index contributed by atoms with van der Waals surface area (Å²) in [5.41, 5.74) is 11.8. The second kappa shape index (κ2) is 9.14. The topological polar surface area (TPSA) is 70.7 Å². The Hall–Kier alpha value is -1.53. The summed E-state index contributed by atoms with van der Waals surface area (Å²) in [5.74, 6) is 3.46. The van der Waals surface area contributed by atoms with E-state index in [1.807, 2.05) is 11.9 Å². The molecule has 2 heterocycles. The third kappa shape index (κ3) is 4.65. The van der Waals surface area contributed by atoms with E-state index >= 15 is 0 Å². The average Bonchev–Trinajstić information content (AvgIpc) is 3.06. The van der Waals surface area contributed by atoms with Gasteiger partial charge in [0, 0.05) is 30.4 Å². The highest BCUT2D eigenvalue weighted by Crippen LogP contribution is 2.36. The van der Waals surface area contributed by atoms with E-state index in [2.05, 4.69) is 43.4 Å². The molecule has 3 N–H and O–H groups in total. The number of amidine groups is 1. The average molecular weight is 443 g/mol. The van der Waals surface area contributed by atoms with Crippen molar-refractivity contribution in [3.8, 4) is 0 Å². The fourth-order valence-corrected chi connectivity index (χ4v) is 6.42. The van der Waals surface area contributed by atoms with Gasteiger partial charge in [-0.3, -0.25) is 14.1 Å². The maximum Gasteiger partial charge on any atom is 0.253 e. The van der Waals surface area contributed by atoms with Crippen LogP contribution in [0.25, 0.3) is 0 Å². The van der Waals surface area contributed by atoms with Crippen LogP contribution in [0.4, 0.5) is 5.69 Å². The van der Waals surface area contributed by atoms with Crippen molar-refractivity contribution in [3.05, 3.63) is 28.3 Å². The van der Waals surface area contributed by atoms with Crippen molar-refractivity contribution in [2.24, 2.45) is 16.8 Å². The molecule has 1 saturated heterocycles. The normalized spacial score (nSPS) is 26.2. The van der Waals surface area contributed by atoms with E-state index < -0.39 is 5.54 Å². The maximum atomic E-state index is 12.8. The van der Waals surface area contributed by atoms with Gasteiger partial charge in [-0.2, -0.15) is 0 Å². The smallest absolute Gasteiger partial charge is 0.253 e. The van der Waals surface area contributed by atoms with Gasteiger partial charge in [0.2, 0.25) is 0 Å². The molecule has 31 heavy (non-hydrogen) atoms. The summed E-state index contributed by atoms with van der Waals surface area (Å²) in [6, 6.07) is 2.11. The summed E-state index contributed by atoms with van der Waals surface area (Å²) in [6.45, 7) is 10.6. The Morgan fingerprint density at radius 3 is 2.52 bits per heavy atom. The molecule has 1 aromatic carbocycles. The van der Waals surface area contributed by atoms with E-state index in [1.165, 1.54) is 47.9 Å². The fourth-order valence-electron chi connectivity index (χ4n) is 5.42. The molecule has 6 heteroatoms. The number of nitrogens with two attached hydrogens (primary N) is 1. The van der Waals surface area contributed by atoms with Crippen LogP contribution in [-0.4, -0.2) is 40.4 Å². The minimum Gasteiger partial charge on any atom is -0.398 e. The zero-order valence-electron chi connectivity index (χ0n) is 19.6. The van der Waals surface area contributed by atoms with Crippen molar-refractivity contribution in [1.29, 1.82) is 0 Å². The predicted octanol–water partition coefficient (Wildman–Crippen LogP) is 4.57. The number of aliphatic imine (C=N–C) groups is 1. The van der Waals surface area contributed by atoms with Gasteiger partial charge in [-0.25, -0.2) is 0 Å². The third-order valence-corrected chi connectivity index (χ3v) is 8.99. The van der Waals surface area contributed by atoms with Gasteiger partial charge in [0.15, 0.2) is 0 Å². The molecule has 1 spiro atoms. The van der Waals surface area contributed by atoms with Crippen LogP contribution in [0.15, 0.2) is 11.1 Å². The van der Waals surface area contributed by atoms with Gasteiger partial charge in [-0.1, -0.05) is 31.7 Å². The molecule has 0 unspecified atom stereocenters. The van der Waals surface area contributed by atoms with Gasteiger partial charge >= 0.3 is 0 Å². The molecular formula is C25H38N4OS. The highest BCUT2D eigenvalue weighted by molar-refractivity contribution is 7.97. The van der Waals surface area contributed by atoms with Crippen molar-refractivity contribution >= 4 is 29.4 Å². The number of anilines is 1. The summed E-state index contributed by atoms with van der Waals surface area (Å²) >= 11 is 1.91. The first-order chi connectivity index (χ1) is 14.8. The molecule has 0 radical (unpaired) electrons. The first-order valence-electron chi connectivity index (χ1n) is 11.9. The van der Waals surface area contributed by atoms with Crippen LogP contribution in [-0.2, 0) is 11.2 Å². The Balaban J connectivity index is 1.30. The van der Waals surface area contributed by atoms with E-state index in [1.54, 1.807) is 0 Å². The van der Waals surface area contributed by atoms with Crippen molar-refractivity contribution in [2.45, 2.75) is 78.2 Å². The molecule has 1 aromatic rings. The van der Waals surface area contributed by atoms with Crippen molar-refractivity contribution in [3.63, 3.8) is 0 Å². The Bertz CT molecular complexity index is 865. The Morgan fingerprint density at radius 1 is 1.16 bits per heavy atom. The Kier molecular flexibility index (Phi) is 6.68. The minimum absolute atomic E-state index is 0.148. The molecule has 2 fully saturated rings.